The maximum atomic E-state index is 12.9. The number of anilines is 1. The van der Waals surface area contributed by atoms with Gasteiger partial charge in [0, 0.05) is 35.5 Å². The number of Topliss-reactive ketones (excluding diaryl/α,β-unsaturated/α-hetero) is 1. The number of amides is 1. The van der Waals surface area contributed by atoms with Crippen LogP contribution in [0, 0.1) is 6.92 Å². The smallest absolute Gasteiger partial charge is 0.227 e. The van der Waals surface area contributed by atoms with Crippen LogP contribution in [0.15, 0.2) is 48.5 Å². The number of benzene rings is 2. The zero-order valence-electron chi connectivity index (χ0n) is 20.6. The molecule has 1 aromatic heterocycles. The molecule has 1 aliphatic rings. The number of rotatable bonds is 9. The van der Waals surface area contributed by atoms with Crippen LogP contribution in [0.3, 0.4) is 0 Å². The van der Waals surface area contributed by atoms with E-state index < -0.39 is 6.10 Å². The van der Waals surface area contributed by atoms with Gasteiger partial charge in [-0.2, -0.15) is 0 Å². The number of nitrogens with zero attached hydrogens (tertiary/aromatic N) is 2. The van der Waals surface area contributed by atoms with Crippen LogP contribution in [0.4, 0.5) is 5.69 Å². The van der Waals surface area contributed by atoms with Crippen molar-refractivity contribution in [1.29, 1.82) is 0 Å². The number of methoxy groups -OCH3 is 2. The number of carbonyl (C=O) groups is 2. The number of ether oxygens (including phenoxy) is 2. The van der Waals surface area contributed by atoms with Gasteiger partial charge in [-0.1, -0.05) is 23.7 Å². The molecule has 1 saturated heterocycles. The molecule has 188 valence electrons. The lowest BCUT2D eigenvalue weighted by molar-refractivity contribution is -0.117. The number of halogens is 1. The highest BCUT2D eigenvalue weighted by atomic mass is 35.5. The van der Waals surface area contributed by atoms with Gasteiger partial charge >= 0.3 is 0 Å². The standard InChI is InChI=1S/C28H29ClN2O5/c1-17-6-7-19(15-20(17)29)28-25(35-2)13-9-21(30-28)24(33)12-11-23(32)18-8-10-22(26(16-18)36-3)31-14-4-5-27(31)34/h6-10,13,15-16,24,33H,4-5,11-12,14H2,1-3H3. The monoisotopic (exact) mass is 508 g/mol. The topological polar surface area (TPSA) is 89.0 Å². The van der Waals surface area contributed by atoms with Crippen molar-refractivity contribution in [1.82, 2.24) is 4.98 Å². The normalized spacial score (nSPS) is 14.1. The molecule has 3 aromatic rings. The Kier molecular flexibility index (Phi) is 7.91. The van der Waals surface area contributed by atoms with Crippen LogP contribution >= 0.6 is 11.6 Å². The lowest BCUT2D eigenvalue weighted by Crippen LogP contribution is -2.24. The van der Waals surface area contributed by atoms with Gasteiger partial charge in [0.1, 0.15) is 17.2 Å². The van der Waals surface area contributed by atoms with Crippen molar-refractivity contribution < 1.29 is 24.2 Å². The summed E-state index contributed by atoms with van der Waals surface area (Å²) in [7, 11) is 3.08. The van der Waals surface area contributed by atoms with Gasteiger partial charge in [0.25, 0.3) is 0 Å². The van der Waals surface area contributed by atoms with Gasteiger partial charge < -0.3 is 19.5 Å². The van der Waals surface area contributed by atoms with Crippen LogP contribution in [0.1, 0.15) is 53.4 Å². The third-order valence-corrected chi connectivity index (χ3v) is 6.80. The van der Waals surface area contributed by atoms with Crippen molar-refractivity contribution in [3.05, 3.63) is 70.4 Å². The summed E-state index contributed by atoms with van der Waals surface area (Å²) in [4.78, 5) is 31.3. The molecule has 2 aromatic carbocycles. The van der Waals surface area contributed by atoms with E-state index in [2.05, 4.69) is 4.98 Å². The highest BCUT2D eigenvalue weighted by Gasteiger charge is 2.25. The van der Waals surface area contributed by atoms with Gasteiger partial charge in [-0.15, -0.1) is 0 Å². The van der Waals surface area contributed by atoms with Gasteiger partial charge in [-0.3, -0.25) is 9.59 Å². The maximum Gasteiger partial charge on any atom is 0.227 e. The number of aliphatic hydroxyl groups excluding tert-OH is 1. The van der Waals surface area contributed by atoms with Crippen molar-refractivity contribution >= 4 is 29.0 Å². The summed E-state index contributed by atoms with van der Waals surface area (Å²) in [6.45, 7) is 2.56. The molecule has 1 aliphatic heterocycles. The Balaban J connectivity index is 1.48. The molecule has 1 amide bonds. The van der Waals surface area contributed by atoms with Crippen LogP contribution < -0.4 is 14.4 Å². The van der Waals surface area contributed by atoms with Gasteiger partial charge in [-0.05, 0) is 61.7 Å². The molecular weight excluding hydrogens is 480 g/mol. The van der Waals surface area contributed by atoms with Crippen molar-refractivity contribution in [2.75, 3.05) is 25.7 Å². The summed E-state index contributed by atoms with van der Waals surface area (Å²) in [5, 5.41) is 11.4. The highest BCUT2D eigenvalue weighted by molar-refractivity contribution is 6.31. The lowest BCUT2D eigenvalue weighted by atomic mass is 10.0. The third-order valence-electron chi connectivity index (χ3n) is 6.40. The van der Waals surface area contributed by atoms with Crippen molar-refractivity contribution in [2.24, 2.45) is 0 Å². The fourth-order valence-electron chi connectivity index (χ4n) is 4.30. The van der Waals surface area contributed by atoms with Crippen LogP contribution in [-0.2, 0) is 4.79 Å². The number of hydrogen-bond acceptors (Lipinski definition) is 6. The molecule has 7 nitrogen and oxygen atoms in total. The molecule has 0 saturated carbocycles. The molecule has 0 radical (unpaired) electrons. The molecule has 1 fully saturated rings. The van der Waals surface area contributed by atoms with Gasteiger partial charge in [0.2, 0.25) is 5.91 Å². The Hall–Kier alpha value is -3.42. The molecule has 1 unspecified atom stereocenters. The molecule has 0 bridgehead atoms. The van der Waals surface area contributed by atoms with E-state index in [0.29, 0.717) is 52.1 Å². The minimum absolute atomic E-state index is 0.0507. The number of hydrogen-bond donors (Lipinski definition) is 1. The summed E-state index contributed by atoms with van der Waals surface area (Å²) in [5.41, 5.74) is 3.87. The SMILES string of the molecule is COc1cc(C(=O)CCC(O)c2ccc(OC)c(-c3ccc(C)c(Cl)c3)n2)ccc1N1CCCC1=O. The molecule has 0 spiro atoms. The van der Waals surface area contributed by atoms with E-state index in [9.17, 15) is 14.7 Å². The summed E-state index contributed by atoms with van der Waals surface area (Å²) >= 11 is 6.30. The van der Waals surface area contributed by atoms with Crippen molar-refractivity contribution in [3.63, 3.8) is 0 Å². The van der Waals surface area contributed by atoms with Crippen LogP contribution in [0.2, 0.25) is 5.02 Å². The van der Waals surface area contributed by atoms with Gasteiger partial charge in [0.05, 0.1) is 31.7 Å². The minimum Gasteiger partial charge on any atom is -0.495 e. The fraction of sp³-hybridized carbons (Fsp3) is 0.321. The Bertz CT molecular complexity index is 1290. The first kappa shape index (κ1) is 25.7. The number of carbonyl (C=O) groups excluding carboxylic acids is 2. The Morgan fingerprint density at radius 1 is 1.11 bits per heavy atom. The molecule has 0 aliphatic carbocycles. The lowest BCUT2D eigenvalue weighted by Gasteiger charge is -2.19. The average Bonchev–Trinajstić information content (AvgIpc) is 3.33. The average molecular weight is 509 g/mol. The first-order valence-electron chi connectivity index (χ1n) is 11.8. The number of aryl methyl sites for hydroxylation is 1. The number of aliphatic hydroxyl groups is 1. The third kappa shape index (κ3) is 5.37. The quantitative estimate of drug-likeness (QED) is 0.381. The summed E-state index contributed by atoms with van der Waals surface area (Å²) in [6.07, 6.45) is 0.688. The van der Waals surface area contributed by atoms with Gasteiger partial charge in [0.15, 0.2) is 5.78 Å². The molecule has 4 rings (SSSR count). The molecule has 1 atom stereocenters. The van der Waals surface area contributed by atoms with E-state index in [1.807, 2.05) is 25.1 Å². The first-order valence-corrected chi connectivity index (χ1v) is 12.2. The summed E-state index contributed by atoms with van der Waals surface area (Å²) in [5.74, 6) is 0.959. The second-order valence-corrected chi connectivity index (χ2v) is 9.17. The fourth-order valence-corrected chi connectivity index (χ4v) is 4.48. The van der Waals surface area contributed by atoms with E-state index in [1.165, 1.54) is 7.11 Å². The largest absolute Gasteiger partial charge is 0.495 e. The Morgan fingerprint density at radius 2 is 1.89 bits per heavy atom. The van der Waals surface area contributed by atoms with Crippen molar-refractivity contribution in [2.45, 2.75) is 38.7 Å². The Morgan fingerprint density at radius 3 is 2.56 bits per heavy atom. The number of aromatic nitrogens is 1. The zero-order chi connectivity index (χ0) is 25.8. The zero-order valence-corrected chi connectivity index (χ0v) is 21.3. The summed E-state index contributed by atoms with van der Waals surface area (Å²) < 4.78 is 10.9. The molecule has 2 heterocycles. The predicted octanol–water partition coefficient (Wildman–Crippen LogP) is 5.55. The Labute approximate surface area is 215 Å². The summed E-state index contributed by atoms with van der Waals surface area (Å²) in [6, 6.07) is 14.2. The van der Waals surface area contributed by atoms with E-state index in [1.54, 1.807) is 42.3 Å². The molecule has 1 N–H and O–H groups in total. The van der Waals surface area contributed by atoms with E-state index in [0.717, 1.165) is 17.5 Å². The molecule has 36 heavy (non-hydrogen) atoms. The van der Waals surface area contributed by atoms with Crippen LogP contribution in [0.25, 0.3) is 11.3 Å². The highest BCUT2D eigenvalue weighted by Crippen LogP contribution is 2.34. The predicted molar refractivity (Wildman–Crippen MR) is 139 cm³/mol. The molecular formula is C28H29ClN2O5. The van der Waals surface area contributed by atoms with E-state index >= 15 is 0 Å². The van der Waals surface area contributed by atoms with E-state index in [4.69, 9.17) is 21.1 Å². The van der Waals surface area contributed by atoms with E-state index in [-0.39, 0.29) is 24.5 Å². The number of ketones is 1. The molecule has 8 heteroatoms. The second kappa shape index (κ2) is 11.1. The minimum atomic E-state index is -0.942. The van der Waals surface area contributed by atoms with Gasteiger partial charge in [-0.25, -0.2) is 4.98 Å². The van der Waals surface area contributed by atoms with Crippen LogP contribution in [-0.4, -0.2) is 42.5 Å². The van der Waals surface area contributed by atoms with Crippen molar-refractivity contribution in [3.8, 4) is 22.8 Å². The first-order chi connectivity index (χ1) is 17.3. The second-order valence-electron chi connectivity index (χ2n) is 8.76. The number of pyridine rings is 1. The maximum absolute atomic E-state index is 12.9. The van der Waals surface area contributed by atoms with Crippen LogP contribution in [0.5, 0.6) is 11.5 Å².